The highest BCUT2D eigenvalue weighted by Crippen LogP contribution is 2.17. The summed E-state index contributed by atoms with van der Waals surface area (Å²) in [5.41, 5.74) is -0.0479. The van der Waals surface area contributed by atoms with Crippen LogP contribution in [0.15, 0.2) is 24.2 Å². The van der Waals surface area contributed by atoms with Gasteiger partial charge in [0.1, 0.15) is 5.75 Å². The van der Waals surface area contributed by atoms with Crippen LogP contribution in [0.3, 0.4) is 0 Å². The van der Waals surface area contributed by atoms with Gasteiger partial charge in [0, 0.05) is 19.7 Å². The third-order valence-corrected chi connectivity index (χ3v) is 1.60. The van der Waals surface area contributed by atoms with Crippen LogP contribution in [0, 0.1) is 0 Å². The van der Waals surface area contributed by atoms with Gasteiger partial charge in [0.05, 0.1) is 12.6 Å². The Kier molecular flexibility index (Phi) is 1.60. The highest BCUT2D eigenvalue weighted by Gasteiger charge is 2.04. The first-order chi connectivity index (χ1) is 7.82. The van der Waals surface area contributed by atoms with Crippen LogP contribution in [0.1, 0.15) is 12.4 Å². The van der Waals surface area contributed by atoms with Crippen LogP contribution < -0.4 is 9.64 Å². The molecule has 0 heterocycles. The molecule has 70 valence electrons. The van der Waals surface area contributed by atoms with Crippen molar-refractivity contribution in [2.75, 3.05) is 19.1 Å². The number of ether oxygens (including phenoxy) is 1. The second-order valence-electron chi connectivity index (χ2n) is 2.46. The van der Waals surface area contributed by atoms with E-state index in [0.717, 1.165) is 4.90 Å². The zero-order chi connectivity index (χ0) is 13.3. The summed E-state index contributed by atoms with van der Waals surface area (Å²) in [5.74, 6) is -0.489. The second kappa shape index (κ2) is 3.94. The second-order valence-corrected chi connectivity index (χ2v) is 2.46. The Balaban J connectivity index is 3.59. The minimum absolute atomic E-state index is 0.0479. The topological polar surface area (TPSA) is 29.5 Å². The number of benzene rings is 1. The Labute approximate surface area is 83.5 Å². The molecular weight excluding hydrogens is 166 g/mol. The van der Waals surface area contributed by atoms with Crippen molar-refractivity contribution in [3.63, 3.8) is 0 Å². The molecule has 1 rings (SSSR count). The van der Waals surface area contributed by atoms with E-state index in [-0.39, 0.29) is 41.5 Å². The van der Waals surface area contributed by atoms with E-state index in [2.05, 4.69) is 0 Å². The lowest BCUT2D eigenvalue weighted by molar-refractivity contribution is -0.116. The van der Waals surface area contributed by atoms with E-state index in [0.29, 0.717) is 0 Å². The molecule has 1 aromatic carbocycles. The number of carbonyl (C=O) groups is 1. The van der Waals surface area contributed by atoms with Crippen molar-refractivity contribution >= 4 is 11.6 Å². The fourth-order valence-corrected chi connectivity index (χ4v) is 0.722. The van der Waals surface area contributed by atoms with Crippen LogP contribution in [0.5, 0.6) is 5.75 Å². The van der Waals surface area contributed by atoms with Gasteiger partial charge >= 0.3 is 0 Å². The third kappa shape index (κ3) is 2.21. The first-order valence-corrected chi connectivity index (χ1v) is 3.71. The standard InChI is InChI=1S/C10H13NO2/c1-8(12)11(2)9-4-6-10(13-3)7-5-9/h4-7H,1-3H3/i4D,5D,6D,7D. The largest absolute Gasteiger partial charge is 0.497 e. The maximum Gasteiger partial charge on any atom is 0.223 e. The normalized spacial score (nSPS) is 13.8. The first kappa shape index (κ1) is 5.27. The molecule has 0 spiro atoms. The van der Waals surface area contributed by atoms with E-state index < -0.39 is 0 Å². The van der Waals surface area contributed by atoms with Crippen LogP contribution in [-0.4, -0.2) is 20.1 Å². The van der Waals surface area contributed by atoms with Gasteiger partial charge in [0.2, 0.25) is 5.91 Å². The summed E-state index contributed by atoms with van der Waals surface area (Å²) in [7, 11) is 2.68. The summed E-state index contributed by atoms with van der Waals surface area (Å²) in [6.07, 6.45) is 0. The zero-order valence-electron chi connectivity index (χ0n) is 11.8. The van der Waals surface area contributed by atoms with E-state index in [1.54, 1.807) is 0 Å². The Morgan fingerprint density at radius 3 is 2.38 bits per heavy atom. The number of amides is 1. The predicted molar refractivity (Wildman–Crippen MR) is 52.1 cm³/mol. The van der Waals surface area contributed by atoms with Crippen LogP contribution in [0.2, 0.25) is 0 Å². The number of hydrogen-bond donors (Lipinski definition) is 0. The lowest BCUT2D eigenvalue weighted by Gasteiger charge is -2.14. The number of methoxy groups -OCH3 is 1. The Morgan fingerprint density at radius 2 is 2.00 bits per heavy atom. The van der Waals surface area contributed by atoms with E-state index >= 15 is 0 Å². The number of nitrogens with zero attached hydrogens (tertiary/aromatic N) is 1. The van der Waals surface area contributed by atoms with Gasteiger partial charge in [-0.15, -0.1) is 0 Å². The van der Waals surface area contributed by atoms with Gasteiger partial charge in [-0.3, -0.25) is 4.79 Å². The average Bonchev–Trinajstić information content (AvgIpc) is 2.27. The molecule has 0 fully saturated rings. The summed E-state index contributed by atoms with van der Waals surface area (Å²) in [4.78, 5) is 12.3. The molecule has 0 bridgehead atoms. The fourth-order valence-electron chi connectivity index (χ4n) is 0.722. The predicted octanol–water partition coefficient (Wildman–Crippen LogP) is 1.68. The summed E-state index contributed by atoms with van der Waals surface area (Å²) in [5, 5.41) is 0. The molecule has 0 N–H and O–H groups in total. The number of hydrogen-bond acceptors (Lipinski definition) is 2. The minimum Gasteiger partial charge on any atom is -0.497 e. The van der Waals surface area contributed by atoms with Gasteiger partial charge in [-0.1, -0.05) is 0 Å². The van der Waals surface area contributed by atoms with E-state index in [4.69, 9.17) is 10.2 Å². The van der Waals surface area contributed by atoms with Crippen LogP contribution >= 0.6 is 0 Å². The molecule has 0 atom stereocenters. The number of rotatable bonds is 2. The number of carbonyl (C=O) groups excluding carboxylic acids is 1. The van der Waals surface area contributed by atoms with Crippen molar-refractivity contribution in [1.29, 1.82) is 0 Å². The smallest absolute Gasteiger partial charge is 0.223 e. The molecule has 1 aromatic rings. The summed E-state index contributed by atoms with van der Waals surface area (Å²) >= 11 is 0. The Bertz CT molecular complexity index is 447. The zero-order valence-corrected chi connectivity index (χ0v) is 7.76. The van der Waals surface area contributed by atoms with Crippen molar-refractivity contribution in [3.05, 3.63) is 24.2 Å². The molecule has 0 aliphatic rings. The molecule has 0 aromatic heterocycles. The molecule has 13 heavy (non-hydrogen) atoms. The van der Waals surface area contributed by atoms with Crippen molar-refractivity contribution < 1.29 is 15.0 Å². The maximum absolute atomic E-state index is 11.2. The molecule has 0 aliphatic carbocycles. The highest BCUT2D eigenvalue weighted by atomic mass is 16.5. The van der Waals surface area contributed by atoms with E-state index in [1.807, 2.05) is 0 Å². The Morgan fingerprint density at radius 1 is 1.46 bits per heavy atom. The average molecular weight is 183 g/mol. The number of anilines is 1. The molecule has 0 saturated carbocycles. The van der Waals surface area contributed by atoms with Crippen molar-refractivity contribution in [1.82, 2.24) is 0 Å². The lowest BCUT2D eigenvalue weighted by atomic mass is 10.3. The van der Waals surface area contributed by atoms with Crippen molar-refractivity contribution in [2.24, 2.45) is 0 Å². The van der Waals surface area contributed by atoms with Gasteiger partial charge in [-0.2, -0.15) is 0 Å². The summed E-state index contributed by atoms with van der Waals surface area (Å²) in [6, 6.07) is -1.17. The molecule has 3 heteroatoms. The van der Waals surface area contributed by atoms with Gasteiger partial charge in [0.25, 0.3) is 0 Å². The molecule has 0 saturated heterocycles. The van der Waals surface area contributed by atoms with Crippen molar-refractivity contribution in [2.45, 2.75) is 6.92 Å². The van der Waals surface area contributed by atoms with E-state index in [1.165, 1.54) is 21.1 Å². The quantitative estimate of drug-likeness (QED) is 0.698. The lowest BCUT2D eigenvalue weighted by Crippen LogP contribution is -2.22. The molecule has 1 amide bonds. The molecular formula is C10H13NO2. The minimum atomic E-state index is -0.365. The van der Waals surface area contributed by atoms with Gasteiger partial charge in [-0.05, 0) is 24.2 Å². The summed E-state index contributed by atoms with van der Waals surface area (Å²) in [6.45, 7) is 1.29. The highest BCUT2D eigenvalue weighted by molar-refractivity contribution is 5.90. The van der Waals surface area contributed by atoms with E-state index in [9.17, 15) is 4.79 Å². The molecule has 3 nitrogen and oxygen atoms in total. The SMILES string of the molecule is [2H]c1c([2H])c(N(C)C(C)=O)c([2H])c([2H])c1OC. The fraction of sp³-hybridized carbons (Fsp3) is 0.300. The van der Waals surface area contributed by atoms with Crippen LogP contribution in [-0.2, 0) is 4.79 Å². The van der Waals surface area contributed by atoms with Gasteiger partial charge in [-0.25, -0.2) is 0 Å². The maximum atomic E-state index is 11.2. The van der Waals surface area contributed by atoms with Gasteiger partial charge in [0.15, 0.2) is 0 Å². The van der Waals surface area contributed by atoms with Crippen LogP contribution in [0.25, 0.3) is 0 Å². The Hall–Kier alpha value is -1.51. The monoisotopic (exact) mass is 183 g/mol. The summed E-state index contributed by atoms with van der Waals surface area (Å²) < 4.78 is 35.6. The van der Waals surface area contributed by atoms with Crippen molar-refractivity contribution in [3.8, 4) is 5.75 Å². The molecule has 0 unspecified atom stereocenters. The first-order valence-electron chi connectivity index (χ1n) is 5.71. The van der Waals surface area contributed by atoms with Crippen LogP contribution in [0.4, 0.5) is 5.69 Å². The van der Waals surface area contributed by atoms with Gasteiger partial charge < -0.3 is 9.64 Å². The molecule has 0 radical (unpaired) electrons. The third-order valence-electron chi connectivity index (χ3n) is 1.60. The molecule has 0 aliphatic heterocycles.